The van der Waals surface area contributed by atoms with Gasteiger partial charge in [-0.15, -0.1) is 0 Å². The molecule has 0 saturated carbocycles. The van der Waals surface area contributed by atoms with Crippen LogP contribution in [0.3, 0.4) is 0 Å². The average Bonchev–Trinajstić information content (AvgIpc) is 3.35. The summed E-state index contributed by atoms with van der Waals surface area (Å²) in [4.78, 5) is 5.30. The van der Waals surface area contributed by atoms with Crippen molar-refractivity contribution in [2.75, 3.05) is 0 Å². The second-order valence-corrected chi connectivity index (χ2v) is 9.42. The molecule has 1 aromatic heterocycles. The molecule has 0 atom stereocenters. The van der Waals surface area contributed by atoms with Crippen LogP contribution in [0.25, 0.3) is 60.8 Å². The van der Waals surface area contributed by atoms with Crippen molar-refractivity contribution in [3.8, 4) is 28.2 Å². The largest absolute Gasteiger partial charge is 0.292 e. The molecule has 170 valence electrons. The molecule has 0 bridgehead atoms. The maximum Gasteiger partial charge on any atom is 0.145 e. The Kier molecular flexibility index (Phi) is 4.87. The topological polar surface area (TPSA) is 17.8 Å². The number of nitrogens with zero attached hydrogens (tertiary/aromatic N) is 2. The van der Waals surface area contributed by atoms with Gasteiger partial charge in [0.05, 0.1) is 11.0 Å². The molecule has 6 aromatic carbocycles. The van der Waals surface area contributed by atoms with Gasteiger partial charge in [0.1, 0.15) is 5.82 Å². The lowest BCUT2D eigenvalue weighted by Gasteiger charge is -2.12. The van der Waals surface area contributed by atoms with E-state index in [1.807, 2.05) is 12.1 Å². The van der Waals surface area contributed by atoms with Crippen LogP contribution in [0.5, 0.6) is 0 Å². The van der Waals surface area contributed by atoms with Crippen molar-refractivity contribution in [1.82, 2.24) is 9.55 Å². The minimum Gasteiger partial charge on any atom is -0.292 e. The number of hydrogen-bond donors (Lipinski definition) is 0. The Labute approximate surface area is 214 Å². The second-order valence-electron chi connectivity index (χ2n) is 8.98. The number of imidazole rings is 1. The zero-order valence-electron chi connectivity index (χ0n) is 19.4. The molecule has 0 amide bonds. The summed E-state index contributed by atoms with van der Waals surface area (Å²) in [6, 6.07) is 44.3. The summed E-state index contributed by atoms with van der Waals surface area (Å²) >= 11 is 6.09. The van der Waals surface area contributed by atoms with E-state index < -0.39 is 0 Å². The van der Waals surface area contributed by atoms with E-state index in [9.17, 15) is 0 Å². The Balaban J connectivity index is 1.54. The molecule has 0 fully saturated rings. The highest BCUT2D eigenvalue weighted by atomic mass is 35.5. The quantitative estimate of drug-likeness (QED) is 0.230. The molecule has 0 aliphatic carbocycles. The van der Waals surface area contributed by atoms with Crippen molar-refractivity contribution in [3.63, 3.8) is 0 Å². The fourth-order valence-corrected chi connectivity index (χ4v) is 5.31. The maximum absolute atomic E-state index is 6.09. The first-order valence-corrected chi connectivity index (χ1v) is 12.4. The molecule has 0 spiro atoms. The molecule has 7 rings (SSSR count). The van der Waals surface area contributed by atoms with Crippen LogP contribution in [0.2, 0.25) is 5.02 Å². The fourth-order valence-electron chi connectivity index (χ4n) is 5.18. The fraction of sp³-hybridized carbons (Fsp3) is 0. The first-order chi connectivity index (χ1) is 17.8. The number of halogens is 1. The van der Waals surface area contributed by atoms with Crippen LogP contribution in [-0.2, 0) is 0 Å². The first kappa shape index (κ1) is 20.9. The zero-order chi connectivity index (χ0) is 24.1. The van der Waals surface area contributed by atoms with Gasteiger partial charge < -0.3 is 0 Å². The summed E-state index contributed by atoms with van der Waals surface area (Å²) in [7, 11) is 0. The van der Waals surface area contributed by atoms with Crippen molar-refractivity contribution in [1.29, 1.82) is 0 Å². The van der Waals surface area contributed by atoms with Gasteiger partial charge in [-0.1, -0.05) is 115 Å². The van der Waals surface area contributed by atoms with Gasteiger partial charge in [-0.3, -0.25) is 4.57 Å². The summed E-state index contributed by atoms with van der Waals surface area (Å²) in [5, 5.41) is 5.57. The van der Waals surface area contributed by atoms with Gasteiger partial charge in [0.2, 0.25) is 0 Å². The van der Waals surface area contributed by atoms with E-state index in [2.05, 4.69) is 120 Å². The molecule has 0 aliphatic rings. The third-order valence-corrected chi connectivity index (χ3v) is 7.12. The van der Waals surface area contributed by atoms with Crippen molar-refractivity contribution < 1.29 is 0 Å². The van der Waals surface area contributed by atoms with E-state index >= 15 is 0 Å². The van der Waals surface area contributed by atoms with Gasteiger partial charge in [0.15, 0.2) is 0 Å². The Hall–Kier alpha value is -4.40. The highest BCUT2D eigenvalue weighted by Crippen LogP contribution is 2.39. The molecule has 3 heteroatoms. The van der Waals surface area contributed by atoms with E-state index in [0.29, 0.717) is 0 Å². The molecule has 7 aromatic rings. The van der Waals surface area contributed by atoms with Crippen LogP contribution in [0.15, 0.2) is 127 Å². The molecule has 0 aliphatic heterocycles. The Morgan fingerprint density at radius 2 is 0.972 bits per heavy atom. The zero-order valence-corrected chi connectivity index (χ0v) is 20.2. The van der Waals surface area contributed by atoms with Crippen LogP contribution >= 0.6 is 11.6 Å². The molecular weight excluding hydrogens is 460 g/mol. The third kappa shape index (κ3) is 3.30. The number of para-hydroxylation sites is 1. The minimum absolute atomic E-state index is 0.742. The monoisotopic (exact) mass is 480 g/mol. The number of fused-ring (bicyclic) bond motifs is 6. The van der Waals surface area contributed by atoms with Crippen LogP contribution in [0, 0.1) is 0 Å². The van der Waals surface area contributed by atoms with E-state index in [4.69, 9.17) is 16.6 Å². The first-order valence-electron chi connectivity index (χ1n) is 12.0. The highest BCUT2D eigenvalue weighted by molar-refractivity contribution is 6.30. The number of rotatable bonds is 3. The van der Waals surface area contributed by atoms with Crippen molar-refractivity contribution >= 4 is 44.2 Å². The molecule has 0 radical (unpaired) electrons. The summed E-state index contributed by atoms with van der Waals surface area (Å²) < 4.78 is 2.31. The Morgan fingerprint density at radius 3 is 1.64 bits per heavy atom. The van der Waals surface area contributed by atoms with E-state index in [1.54, 1.807) is 0 Å². The summed E-state index contributed by atoms with van der Waals surface area (Å²) in [5.74, 6) is 0.931. The molecule has 1 heterocycles. The average molecular weight is 481 g/mol. The predicted octanol–water partition coefficient (Wildman–Crippen LogP) is 9.32. The van der Waals surface area contributed by atoms with Gasteiger partial charge in [-0.2, -0.15) is 0 Å². The predicted molar refractivity (Wildman–Crippen MR) is 152 cm³/mol. The molecule has 0 saturated heterocycles. The summed E-state index contributed by atoms with van der Waals surface area (Å²) in [6.45, 7) is 0. The normalized spacial score (nSPS) is 11.5. The Bertz CT molecular complexity index is 1870. The van der Waals surface area contributed by atoms with Crippen molar-refractivity contribution in [3.05, 3.63) is 132 Å². The number of benzene rings is 6. The maximum atomic E-state index is 6.09. The summed E-state index contributed by atoms with van der Waals surface area (Å²) in [5.41, 5.74) is 6.60. The molecule has 2 nitrogen and oxygen atoms in total. The van der Waals surface area contributed by atoms with Gasteiger partial charge in [-0.25, -0.2) is 4.98 Å². The lowest BCUT2D eigenvalue weighted by atomic mass is 10.00. The van der Waals surface area contributed by atoms with Crippen LogP contribution in [-0.4, -0.2) is 9.55 Å². The van der Waals surface area contributed by atoms with Crippen LogP contribution in [0.1, 0.15) is 0 Å². The number of aromatic nitrogens is 2. The molecule has 0 N–H and O–H groups in total. The van der Waals surface area contributed by atoms with E-state index in [1.165, 1.54) is 21.5 Å². The van der Waals surface area contributed by atoms with Crippen molar-refractivity contribution in [2.24, 2.45) is 0 Å². The standard InChI is InChI=1S/C33H21ClN2/c34-25-20-18-23(19-21-25)22-14-16-24(17-15-22)33-35-31-29-12-6-4-10-27(29)28-11-5-7-13-30(28)32(31)36(33)26-8-2-1-3-9-26/h1-21H. The highest BCUT2D eigenvalue weighted by Gasteiger charge is 2.19. The third-order valence-electron chi connectivity index (χ3n) is 6.87. The van der Waals surface area contributed by atoms with Gasteiger partial charge in [-0.05, 0) is 46.2 Å². The van der Waals surface area contributed by atoms with Crippen LogP contribution < -0.4 is 0 Å². The van der Waals surface area contributed by atoms with E-state index in [0.717, 1.165) is 44.3 Å². The van der Waals surface area contributed by atoms with Gasteiger partial charge >= 0.3 is 0 Å². The Morgan fingerprint density at radius 1 is 0.472 bits per heavy atom. The smallest absolute Gasteiger partial charge is 0.145 e. The molecule has 36 heavy (non-hydrogen) atoms. The lowest BCUT2D eigenvalue weighted by Crippen LogP contribution is -1.98. The van der Waals surface area contributed by atoms with Gasteiger partial charge in [0.25, 0.3) is 0 Å². The lowest BCUT2D eigenvalue weighted by molar-refractivity contribution is 1.11. The van der Waals surface area contributed by atoms with Gasteiger partial charge in [0, 0.05) is 27.0 Å². The second kappa shape index (κ2) is 8.37. The number of hydrogen-bond acceptors (Lipinski definition) is 1. The summed E-state index contributed by atoms with van der Waals surface area (Å²) in [6.07, 6.45) is 0. The minimum atomic E-state index is 0.742. The van der Waals surface area contributed by atoms with Crippen molar-refractivity contribution in [2.45, 2.75) is 0 Å². The SMILES string of the molecule is Clc1ccc(-c2ccc(-c3nc4c5ccccc5c5ccccc5c4n3-c3ccccc3)cc2)cc1. The molecular formula is C33H21ClN2. The molecule has 0 unspecified atom stereocenters. The van der Waals surface area contributed by atoms with Crippen LogP contribution in [0.4, 0.5) is 0 Å². The van der Waals surface area contributed by atoms with E-state index in [-0.39, 0.29) is 0 Å².